The van der Waals surface area contributed by atoms with Crippen LogP contribution in [0.3, 0.4) is 0 Å². The molecule has 0 atom stereocenters. The molecule has 0 saturated heterocycles. The maximum absolute atomic E-state index is 5.53. The fourth-order valence-electron chi connectivity index (χ4n) is 2.00. The summed E-state index contributed by atoms with van der Waals surface area (Å²) in [5.74, 6) is 1.31. The van der Waals surface area contributed by atoms with E-state index < -0.39 is 0 Å². The standard InChI is InChI=1S/C16H14N2O/c17-10-16-18-11-15(19-16)14-8-6-13(7-9-14)12-4-2-1-3-5-12/h1-9,11H,10,17H2. The third-order valence-corrected chi connectivity index (χ3v) is 3.00. The third kappa shape index (κ3) is 2.41. The molecule has 1 heterocycles. The molecule has 0 amide bonds. The lowest BCUT2D eigenvalue weighted by molar-refractivity contribution is 0.509. The maximum Gasteiger partial charge on any atom is 0.208 e. The summed E-state index contributed by atoms with van der Waals surface area (Å²) in [5.41, 5.74) is 8.88. The van der Waals surface area contributed by atoms with Gasteiger partial charge in [0.25, 0.3) is 0 Å². The van der Waals surface area contributed by atoms with Crippen LogP contribution in [-0.4, -0.2) is 4.98 Å². The Morgan fingerprint density at radius 2 is 1.47 bits per heavy atom. The first-order valence-corrected chi connectivity index (χ1v) is 6.17. The summed E-state index contributed by atoms with van der Waals surface area (Å²) in [6.45, 7) is 0.322. The van der Waals surface area contributed by atoms with Crippen LogP contribution in [0.15, 0.2) is 65.2 Å². The highest BCUT2D eigenvalue weighted by molar-refractivity contribution is 5.67. The molecule has 0 aliphatic carbocycles. The van der Waals surface area contributed by atoms with Gasteiger partial charge in [-0.25, -0.2) is 4.98 Å². The van der Waals surface area contributed by atoms with Crippen LogP contribution in [0.5, 0.6) is 0 Å². The van der Waals surface area contributed by atoms with Crippen molar-refractivity contribution in [3.63, 3.8) is 0 Å². The second-order valence-corrected chi connectivity index (χ2v) is 4.27. The Hall–Kier alpha value is -2.39. The summed E-state index contributed by atoms with van der Waals surface area (Å²) in [6.07, 6.45) is 1.71. The topological polar surface area (TPSA) is 52.0 Å². The number of rotatable bonds is 3. The zero-order chi connectivity index (χ0) is 13.1. The van der Waals surface area contributed by atoms with Gasteiger partial charge in [-0.05, 0) is 11.1 Å². The van der Waals surface area contributed by atoms with E-state index in [4.69, 9.17) is 10.2 Å². The number of nitrogens with zero attached hydrogens (tertiary/aromatic N) is 1. The summed E-state index contributed by atoms with van der Waals surface area (Å²) in [7, 11) is 0. The highest BCUT2D eigenvalue weighted by atomic mass is 16.4. The lowest BCUT2D eigenvalue weighted by atomic mass is 10.0. The monoisotopic (exact) mass is 250 g/mol. The summed E-state index contributed by atoms with van der Waals surface area (Å²) >= 11 is 0. The van der Waals surface area contributed by atoms with Crippen molar-refractivity contribution in [3.05, 3.63) is 66.7 Å². The van der Waals surface area contributed by atoms with Crippen molar-refractivity contribution < 1.29 is 4.42 Å². The number of oxazole rings is 1. The summed E-state index contributed by atoms with van der Waals surface area (Å²) in [6, 6.07) is 18.5. The first-order valence-electron chi connectivity index (χ1n) is 6.17. The van der Waals surface area contributed by atoms with Gasteiger partial charge in [-0.3, -0.25) is 0 Å². The Morgan fingerprint density at radius 1 is 0.842 bits per heavy atom. The molecule has 2 aromatic carbocycles. The highest BCUT2D eigenvalue weighted by Gasteiger charge is 2.05. The minimum atomic E-state index is 0.322. The van der Waals surface area contributed by atoms with E-state index in [1.807, 2.05) is 30.3 Å². The maximum atomic E-state index is 5.53. The molecule has 0 aliphatic rings. The van der Waals surface area contributed by atoms with Gasteiger partial charge in [0.15, 0.2) is 5.76 Å². The Morgan fingerprint density at radius 3 is 2.11 bits per heavy atom. The summed E-state index contributed by atoms with van der Waals surface area (Å²) < 4.78 is 5.53. The second kappa shape index (κ2) is 5.08. The first-order chi connectivity index (χ1) is 9.36. The Kier molecular flexibility index (Phi) is 3.12. The van der Waals surface area contributed by atoms with Crippen LogP contribution in [0, 0.1) is 0 Å². The zero-order valence-corrected chi connectivity index (χ0v) is 10.4. The fraction of sp³-hybridized carbons (Fsp3) is 0.0625. The molecule has 0 aliphatic heterocycles. The van der Waals surface area contributed by atoms with Crippen molar-refractivity contribution in [3.8, 4) is 22.5 Å². The van der Waals surface area contributed by atoms with Crippen LogP contribution in [0.4, 0.5) is 0 Å². The predicted octanol–water partition coefficient (Wildman–Crippen LogP) is 3.47. The molecule has 0 unspecified atom stereocenters. The van der Waals surface area contributed by atoms with Crippen LogP contribution in [0.1, 0.15) is 5.89 Å². The van der Waals surface area contributed by atoms with Crippen molar-refractivity contribution >= 4 is 0 Å². The van der Waals surface area contributed by atoms with Crippen LogP contribution >= 0.6 is 0 Å². The summed E-state index contributed by atoms with van der Waals surface area (Å²) in [4.78, 5) is 4.10. The molecule has 0 saturated carbocycles. The second-order valence-electron chi connectivity index (χ2n) is 4.27. The highest BCUT2D eigenvalue weighted by Crippen LogP contribution is 2.25. The molecule has 0 radical (unpaired) electrons. The average Bonchev–Trinajstić information content (AvgIpc) is 2.97. The molecular weight excluding hydrogens is 236 g/mol. The van der Waals surface area contributed by atoms with Gasteiger partial charge >= 0.3 is 0 Å². The van der Waals surface area contributed by atoms with E-state index in [0.29, 0.717) is 12.4 Å². The Bertz CT molecular complexity index is 657. The molecule has 0 spiro atoms. The molecule has 2 N–H and O–H groups in total. The predicted molar refractivity (Wildman–Crippen MR) is 75.3 cm³/mol. The largest absolute Gasteiger partial charge is 0.439 e. The van der Waals surface area contributed by atoms with Gasteiger partial charge in [-0.2, -0.15) is 0 Å². The molecule has 3 nitrogen and oxygen atoms in total. The van der Waals surface area contributed by atoms with Crippen molar-refractivity contribution in [2.24, 2.45) is 5.73 Å². The fourth-order valence-corrected chi connectivity index (χ4v) is 2.00. The average molecular weight is 250 g/mol. The van der Waals surface area contributed by atoms with Gasteiger partial charge in [0.2, 0.25) is 5.89 Å². The van der Waals surface area contributed by atoms with Crippen LogP contribution in [0.2, 0.25) is 0 Å². The van der Waals surface area contributed by atoms with Crippen molar-refractivity contribution in [1.82, 2.24) is 4.98 Å². The molecule has 3 rings (SSSR count). The van der Waals surface area contributed by atoms with Gasteiger partial charge in [-0.15, -0.1) is 0 Å². The number of benzene rings is 2. The van der Waals surface area contributed by atoms with Crippen LogP contribution in [0.25, 0.3) is 22.5 Å². The van der Waals surface area contributed by atoms with E-state index >= 15 is 0 Å². The van der Waals surface area contributed by atoms with E-state index in [-0.39, 0.29) is 0 Å². The van der Waals surface area contributed by atoms with Crippen molar-refractivity contribution in [2.45, 2.75) is 6.54 Å². The van der Waals surface area contributed by atoms with E-state index in [1.165, 1.54) is 11.1 Å². The molecule has 1 aromatic heterocycles. The van der Waals surface area contributed by atoms with Gasteiger partial charge in [0.1, 0.15) is 0 Å². The van der Waals surface area contributed by atoms with Gasteiger partial charge < -0.3 is 10.2 Å². The molecule has 3 aromatic rings. The minimum Gasteiger partial charge on any atom is -0.439 e. The molecule has 19 heavy (non-hydrogen) atoms. The summed E-state index contributed by atoms with van der Waals surface area (Å²) in [5, 5.41) is 0. The SMILES string of the molecule is NCc1ncc(-c2ccc(-c3ccccc3)cc2)o1. The third-order valence-electron chi connectivity index (χ3n) is 3.00. The van der Waals surface area contributed by atoms with Gasteiger partial charge in [0, 0.05) is 5.56 Å². The number of hydrogen-bond donors (Lipinski definition) is 1. The molecular formula is C16H14N2O. The molecule has 0 bridgehead atoms. The number of nitrogens with two attached hydrogens (primary N) is 1. The van der Waals surface area contributed by atoms with E-state index in [1.54, 1.807) is 6.20 Å². The Balaban J connectivity index is 1.90. The molecule has 0 fully saturated rings. The van der Waals surface area contributed by atoms with E-state index in [0.717, 1.165) is 11.3 Å². The van der Waals surface area contributed by atoms with Gasteiger partial charge in [0.05, 0.1) is 12.7 Å². The molecule has 3 heteroatoms. The quantitative estimate of drug-likeness (QED) is 0.774. The minimum absolute atomic E-state index is 0.322. The van der Waals surface area contributed by atoms with Crippen LogP contribution in [-0.2, 0) is 6.54 Å². The van der Waals surface area contributed by atoms with Crippen molar-refractivity contribution in [1.29, 1.82) is 0 Å². The lowest BCUT2D eigenvalue weighted by Gasteiger charge is -2.02. The van der Waals surface area contributed by atoms with Crippen LogP contribution < -0.4 is 5.73 Å². The smallest absolute Gasteiger partial charge is 0.208 e. The van der Waals surface area contributed by atoms with Gasteiger partial charge in [-0.1, -0.05) is 54.6 Å². The Labute approximate surface area is 111 Å². The molecule has 94 valence electrons. The number of hydrogen-bond acceptors (Lipinski definition) is 3. The first kappa shape index (κ1) is 11.7. The normalized spacial score (nSPS) is 10.6. The van der Waals surface area contributed by atoms with E-state index in [2.05, 4.69) is 29.2 Å². The zero-order valence-electron chi connectivity index (χ0n) is 10.4. The van der Waals surface area contributed by atoms with E-state index in [9.17, 15) is 0 Å². The van der Waals surface area contributed by atoms with Crippen molar-refractivity contribution in [2.75, 3.05) is 0 Å². The number of aromatic nitrogens is 1. The lowest BCUT2D eigenvalue weighted by Crippen LogP contribution is -1.94.